The summed E-state index contributed by atoms with van der Waals surface area (Å²) in [6, 6.07) is 19.1. The zero-order valence-corrected chi connectivity index (χ0v) is 29.5. The van der Waals surface area contributed by atoms with E-state index in [1.165, 1.54) is 24.3 Å². The van der Waals surface area contributed by atoms with Crippen LogP contribution in [0.4, 0.5) is 24.5 Å². The molecule has 0 fully saturated rings. The molecule has 2 amide bonds. The lowest BCUT2D eigenvalue weighted by Crippen LogP contribution is -2.38. The van der Waals surface area contributed by atoms with Gasteiger partial charge in [0.1, 0.15) is 31.7 Å². The number of alkyl halides is 3. The first kappa shape index (κ1) is 36.8. The summed E-state index contributed by atoms with van der Waals surface area (Å²) in [6.45, 7) is 3.15. The van der Waals surface area contributed by atoms with Crippen LogP contribution in [-0.2, 0) is 43.3 Å². The maximum atomic E-state index is 12.3. The summed E-state index contributed by atoms with van der Waals surface area (Å²) in [6.07, 6.45) is -5.08. The largest absolute Gasteiger partial charge is 0.573 e. The minimum atomic E-state index is -4.70. The van der Waals surface area contributed by atoms with E-state index >= 15 is 0 Å². The topological polar surface area (TPSA) is 160 Å². The zero-order valence-electron chi connectivity index (χ0n) is 28.7. The van der Waals surface area contributed by atoms with Crippen molar-refractivity contribution < 1.29 is 59.0 Å². The Bertz CT molecular complexity index is 2160. The van der Waals surface area contributed by atoms with E-state index in [0.29, 0.717) is 48.4 Å². The van der Waals surface area contributed by atoms with E-state index in [-0.39, 0.29) is 54.6 Å². The maximum Gasteiger partial charge on any atom is 0.573 e. The Balaban J connectivity index is 0.000000167. The molecule has 0 bridgehead atoms. The van der Waals surface area contributed by atoms with E-state index in [0.717, 1.165) is 27.9 Å². The Morgan fingerprint density at radius 2 is 1.33 bits per heavy atom. The minimum absolute atomic E-state index is 0.0785. The van der Waals surface area contributed by atoms with Crippen molar-refractivity contribution in [1.29, 1.82) is 0 Å². The Kier molecular flexibility index (Phi) is 10.3. The van der Waals surface area contributed by atoms with Crippen LogP contribution in [0.3, 0.4) is 0 Å². The van der Waals surface area contributed by atoms with Crippen LogP contribution in [0.25, 0.3) is 0 Å². The lowest BCUT2D eigenvalue weighted by atomic mass is 10.1. The van der Waals surface area contributed by atoms with Crippen molar-refractivity contribution in [2.75, 3.05) is 37.0 Å². The molecule has 8 rings (SSSR count). The lowest BCUT2D eigenvalue weighted by molar-refractivity contribution is -0.274. The molecule has 0 aliphatic carbocycles. The van der Waals surface area contributed by atoms with Crippen LogP contribution in [0.1, 0.15) is 22.3 Å². The number of fused-ring (bicyclic) bond motifs is 6. The van der Waals surface area contributed by atoms with Crippen molar-refractivity contribution in [3.05, 3.63) is 95.1 Å². The monoisotopic (exact) mass is 769 g/mol. The van der Waals surface area contributed by atoms with Crippen molar-refractivity contribution in [2.45, 2.75) is 49.8 Å². The van der Waals surface area contributed by atoms with Gasteiger partial charge in [0.05, 0.1) is 17.7 Å². The number of ether oxygens (including phenoxy) is 5. The molecule has 4 aliphatic heterocycles. The molecule has 284 valence electrons. The van der Waals surface area contributed by atoms with E-state index < -0.39 is 22.6 Å². The number of benzene rings is 4. The number of aryl methyl sites for hydroxylation is 1. The quantitative estimate of drug-likeness (QED) is 0.196. The van der Waals surface area contributed by atoms with Crippen LogP contribution in [0.15, 0.2) is 77.7 Å². The van der Waals surface area contributed by atoms with Gasteiger partial charge < -0.3 is 39.6 Å². The number of amides is 2. The highest BCUT2D eigenvalue weighted by atomic mass is 32.2. The Hall–Kier alpha value is -5.52. The number of nitrogens with one attached hydrogen (secondary N) is 3. The third kappa shape index (κ3) is 8.64. The van der Waals surface area contributed by atoms with Crippen molar-refractivity contribution >= 4 is 33.3 Å². The molecule has 1 unspecified atom stereocenters. The van der Waals surface area contributed by atoms with E-state index in [2.05, 4.69) is 20.7 Å². The molecule has 0 saturated heterocycles. The smallest absolute Gasteiger partial charge is 0.486 e. The zero-order chi connectivity index (χ0) is 38.0. The second kappa shape index (κ2) is 15.1. The number of hydrogen-bond acceptors (Lipinski definition) is 11. The number of carbonyl (C=O) groups excluding carboxylic acids is 2. The predicted molar refractivity (Wildman–Crippen MR) is 187 cm³/mol. The molecule has 4 aromatic rings. The fourth-order valence-corrected chi connectivity index (χ4v) is 7.00. The fourth-order valence-electron chi connectivity index (χ4n) is 6.07. The molecule has 0 aromatic heterocycles. The average Bonchev–Trinajstić information content (AvgIpc) is 3.73. The van der Waals surface area contributed by atoms with Crippen LogP contribution >= 0.6 is 0 Å². The van der Waals surface area contributed by atoms with Crippen LogP contribution in [0, 0.1) is 6.92 Å². The van der Waals surface area contributed by atoms with Crippen molar-refractivity contribution in [1.82, 2.24) is 5.32 Å². The van der Waals surface area contributed by atoms with Crippen LogP contribution in [0.5, 0.6) is 28.7 Å². The third-order valence-corrected chi connectivity index (χ3v) is 9.96. The fraction of sp³-hybridized carbons (Fsp3) is 0.297. The number of rotatable bonds is 9. The number of carbonyl (C=O) groups is 2. The van der Waals surface area contributed by atoms with Gasteiger partial charge in [-0.25, -0.2) is 0 Å². The number of hydrogen-bond donors (Lipinski definition) is 3. The Morgan fingerprint density at radius 1 is 0.778 bits per heavy atom. The standard InChI is InChI=1S/C19H17F3N2O4.C18H17NO6S/c20-19(21,22)28-12-3-1-11(2-4-12)8-23-9-13-10-26-16-6-5-15-14(18(16)27-13)7-17(25)24-15;1-11-2-4-13(5-3-11)26(21,22)24-10-12-9-23-16-7-6-15-14(18(16)25-12)8-17(20)19-15/h1-6,13,23H,7-10H2,(H,24,25);2-7,12H,8-10H2,1H3,(H,19,20)/t;12-/m.1/s1. The van der Waals surface area contributed by atoms with Crippen molar-refractivity contribution in [3.63, 3.8) is 0 Å². The summed E-state index contributed by atoms with van der Waals surface area (Å²) in [5, 5.41) is 8.71. The van der Waals surface area contributed by atoms with Gasteiger partial charge in [0, 0.05) is 35.6 Å². The van der Waals surface area contributed by atoms with Gasteiger partial charge in [0.25, 0.3) is 10.1 Å². The van der Waals surface area contributed by atoms with Gasteiger partial charge >= 0.3 is 6.36 Å². The second-order valence-electron chi connectivity index (χ2n) is 12.8. The van der Waals surface area contributed by atoms with Gasteiger partial charge in [-0.2, -0.15) is 8.42 Å². The SMILES string of the molecule is Cc1ccc(S(=O)(=O)OC[C@H]2COc3ccc4c(c3O2)CC(=O)N4)cc1.O=C1Cc2c(ccc3c2OC(CNCc2ccc(OC(F)(F)F)cc2)CO3)N1. The first-order chi connectivity index (χ1) is 25.8. The molecule has 54 heavy (non-hydrogen) atoms. The van der Waals surface area contributed by atoms with Crippen LogP contribution in [0.2, 0.25) is 0 Å². The lowest BCUT2D eigenvalue weighted by Gasteiger charge is -2.28. The molecular weight excluding hydrogens is 735 g/mol. The van der Waals surface area contributed by atoms with E-state index in [9.17, 15) is 31.2 Å². The molecule has 17 heteroatoms. The molecule has 2 atom stereocenters. The van der Waals surface area contributed by atoms with Gasteiger partial charge in [-0.15, -0.1) is 13.2 Å². The summed E-state index contributed by atoms with van der Waals surface area (Å²) >= 11 is 0. The summed E-state index contributed by atoms with van der Waals surface area (Å²) in [7, 11) is -3.88. The molecule has 4 aliphatic rings. The molecule has 4 heterocycles. The molecule has 0 radical (unpaired) electrons. The van der Waals surface area contributed by atoms with E-state index in [1.54, 1.807) is 48.5 Å². The van der Waals surface area contributed by atoms with Gasteiger partial charge in [-0.05, 0) is 61.0 Å². The Labute approximate surface area is 307 Å². The van der Waals surface area contributed by atoms with Gasteiger partial charge in [0.15, 0.2) is 29.1 Å². The maximum absolute atomic E-state index is 12.3. The first-order valence-corrected chi connectivity index (χ1v) is 18.2. The predicted octanol–water partition coefficient (Wildman–Crippen LogP) is 5.04. The first-order valence-electron chi connectivity index (χ1n) is 16.8. The average molecular weight is 770 g/mol. The molecular formula is C37H34F3N3O10S. The van der Waals surface area contributed by atoms with Crippen LogP contribution in [-0.4, -0.2) is 65.2 Å². The summed E-state index contributed by atoms with van der Waals surface area (Å²) in [4.78, 5) is 23.3. The van der Waals surface area contributed by atoms with E-state index in [1.807, 2.05) is 6.92 Å². The summed E-state index contributed by atoms with van der Waals surface area (Å²) < 4.78 is 93.3. The van der Waals surface area contributed by atoms with Gasteiger partial charge in [0.2, 0.25) is 11.8 Å². The van der Waals surface area contributed by atoms with Gasteiger partial charge in [-0.1, -0.05) is 29.8 Å². The Morgan fingerprint density at radius 3 is 1.91 bits per heavy atom. The highest BCUT2D eigenvalue weighted by Crippen LogP contribution is 2.43. The third-order valence-electron chi connectivity index (χ3n) is 8.67. The van der Waals surface area contributed by atoms with Crippen molar-refractivity contribution in [3.8, 4) is 28.7 Å². The summed E-state index contributed by atoms with van der Waals surface area (Å²) in [5.74, 6) is 1.76. The highest BCUT2D eigenvalue weighted by molar-refractivity contribution is 7.86. The minimum Gasteiger partial charge on any atom is -0.486 e. The van der Waals surface area contributed by atoms with Crippen molar-refractivity contribution in [2.24, 2.45) is 0 Å². The second-order valence-corrected chi connectivity index (χ2v) is 14.4. The molecule has 0 saturated carbocycles. The van der Waals surface area contributed by atoms with Gasteiger partial charge in [-0.3, -0.25) is 13.8 Å². The molecule has 13 nitrogen and oxygen atoms in total. The highest BCUT2D eigenvalue weighted by Gasteiger charge is 2.33. The number of halogens is 3. The van der Waals surface area contributed by atoms with Crippen LogP contribution < -0.4 is 39.6 Å². The van der Waals surface area contributed by atoms with E-state index in [4.69, 9.17) is 23.1 Å². The normalized spacial score (nSPS) is 18.1. The summed E-state index contributed by atoms with van der Waals surface area (Å²) in [5.41, 5.74) is 4.71. The molecule has 3 N–H and O–H groups in total. The molecule has 4 aromatic carbocycles. The number of anilines is 2. The molecule has 0 spiro atoms.